The first-order valence-corrected chi connectivity index (χ1v) is 33.9. The van der Waals surface area contributed by atoms with Crippen molar-refractivity contribution in [2.75, 3.05) is 13.2 Å². The van der Waals surface area contributed by atoms with Crippen LogP contribution in [0.4, 0.5) is 0 Å². The predicted octanol–water partition coefficient (Wildman–Crippen LogP) is 21.7. The Morgan fingerprint density at radius 2 is 0.658 bits per heavy atom. The number of hydrogen-bond donors (Lipinski definition) is 3. The fourth-order valence-electron chi connectivity index (χ4n) is 10.4. The summed E-state index contributed by atoms with van der Waals surface area (Å²) in [5, 5.41) is 23.0. The van der Waals surface area contributed by atoms with E-state index in [0.717, 1.165) is 51.4 Å². The third-order valence-corrected chi connectivity index (χ3v) is 15.6. The number of carbonyl (C=O) groups excluding carboxylic acids is 2. The zero-order chi connectivity index (χ0) is 55.0. The van der Waals surface area contributed by atoms with E-state index in [1.165, 1.54) is 283 Å². The van der Waals surface area contributed by atoms with Gasteiger partial charge in [0.05, 0.1) is 25.4 Å². The molecule has 0 aromatic rings. The zero-order valence-corrected chi connectivity index (χ0v) is 51.0. The van der Waals surface area contributed by atoms with Crippen LogP contribution in [0, 0.1) is 0 Å². The summed E-state index contributed by atoms with van der Waals surface area (Å²) in [6, 6.07) is -0.625. The summed E-state index contributed by atoms with van der Waals surface area (Å²) in [5.74, 6) is -0.0591. The van der Waals surface area contributed by atoms with E-state index in [4.69, 9.17) is 4.74 Å². The summed E-state index contributed by atoms with van der Waals surface area (Å²) in [4.78, 5) is 24.5. The molecule has 2 unspecified atom stereocenters. The van der Waals surface area contributed by atoms with Gasteiger partial charge in [-0.15, -0.1) is 0 Å². The van der Waals surface area contributed by atoms with E-state index in [1.54, 1.807) is 6.08 Å². The normalized spacial score (nSPS) is 12.8. The van der Waals surface area contributed by atoms with Gasteiger partial charge in [0, 0.05) is 12.8 Å². The third kappa shape index (κ3) is 61.0. The van der Waals surface area contributed by atoms with Crippen molar-refractivity contribution in [3.63, 3.8) is 0 Å². The van der Waals surface area contributed by atoms with Gasteiger partial charge in [-0.1, -0.05) is 306 Å². The van der Waals surface area contributed by atoms with Gasteiger partial charge >= 0.3 is 5.97 Å². The minimum absolute atomic E-state index is 0.00782. The molecule has 0 fully saturated rings. The Labute approximate surface area is 474 Å². The van der Waals surface area contributed by atoms with Crippen LogP contribution in [0.1, 0.15) is 361 Å². The van der Waals surface area contributed by atoms with E-state index in [-0.39, 0.29) is 18.5 Å². The quantitative estimate of drug-likeness (QED) is 0.0320. The number of nitrogens with one attached hydrogen (secondary N) is 1. The van der Waals surface area contributed by atoms with Gasteiger partial charge in [0.2, 0.25) is 5.91 Å². The molecule has 0 aromatic heterocycles. The van der Waals surface area contributed by atoms with Crippen LogP contribution < -0.4 is 5.32 Å². The molecule has 0 aliphatic heterocycles. The second-order valence-electron chi connectivity index (χ2n) is 23.1. The van der Waals surface area contributed by atoms with Gasteiger partial charge in [-0.2, -0.15) is 0 Å². The van der Waals surface area contributed by atoms with Gasteiger partial charge in [0.25, 0.3) is 0 Å². The highest BCUT2D eigenvalue weighted by molar-refractivity contribution is 5.76. The SMILES string of the molecule is CCCCCCC/C=C\CCCCCCCC(=O)OCCCCCCCCCCCCC/C=C\C/C=C\CCCCCCCCCCCCCCCCCCCC(=O)NC(CO)C(O)/C=C/CCCCCCCCCC. The van der Waals surface area contributed by atoms with Crippen LogP contribution >= 0.6 is 0 Å². The Balaban J connectivity index is 3.36. The number of carbonyl (C=O) groups is 2. The highest BCUT2D eigenvalue weighted by Crippen LogP contribution is 2.17. The van der Waals surface area contributed by atoms with E-state index in [2.05, 4.69) is 55.6 Å². The smallest absolute Gasteiger partial charge is 0.305 e. The Morgan fingerprint density at radius 1 is 0.368 bits per heavy atom. The molecular weight excluding hydrogens is 935 g/mol. The number of aliphatic hydroxyl groups excluding tert-OH is 2. The fourth-order valence-corrected chi connectivity index (χ4v) is 10.4. The first-order valence-electron chi connectivity index (χ1n) is 33.9. The van der Waals surface area contributed by atoms with Crippen LogP contribution in [0.3, 0.4) is 0 Å². The zero-order valence-electron chi connectivity index (χ0n) is 51.0. The maximum Gasteiger partial charge on any atom is 0.305 e. The molecule has 1 amide bonds. The number of hydrogen-bond acceptors (Lipinski definition) is 5. The lowest BCUT2D eigenvalue weighted by molar-refractivity contribution is -0.143. The Kier molecular flexibility index (Phi) is 63.5. The van der Waals surface area contributed by atoms with Crippen molar-refractivity contribution >= 4 is 11.9 Å². The van der Waals surface area contributed by atoms with Crippen LogP contribution in [0.15, 0.2) is 48.6 Å². The van der Waals surface area contributed by atoms with Crippen molar-refractivity contribution in [1.82, 2.24) is 5.32 Å². The Morgan fingerprint density at radius 3 is 1.01 bits per heavy atom. The molecule has 0 rings (SSSR count). The summed E-state index contributed by atoms with van der Waals surface area (Å²) in [6.07, 6.45) is 84.8. The number of unbranched alkanes of at least 4 members (excludes halogenated alkanes) is 46. The molecular formula is C70H131NO5. The highest BCUT2D eigenvalue weighted by atomic mass is 16.5. The van der Waals surface area contributed by atoms with Crippen molar-refractivity contribution in [2.24, 2.45) is 0 Å². The summed E-state index contributed by atoms with van der Waals surface area (Å²) < 4.78 is 5.48. The lowest BCUT2D eigenvalue weighted by atomic mass is 10.0. The molecule has 6 nitrogen and oxygen atoms in total. The van der Waals surface area contributed by atoms with Crippen LogP contribution in [-0.2, 0) is 14.3 Å². The summed E-state index contributed by atoms with van der Waals surface area (Å²) in [5.41, 5.74) is 0. The molecule has 0 radical (unpaired) electrons. The minimum Gasteiger partial charge on any atom is -0.466 e. The fraction of sp³-hybridized carbons (Fsp3) is 0.857. The third-order valence-electron chi connectivity index (χ3n) is 15.6. The molecule has 2 atom stereocenters. The monoisotopic (exact) mass is 1070 g/mol. The molecule has 0 heterocycles. The van der Waals surface area contributed by atoms with Gasteiger partial charge in [-0.05, 0) is 89.9 Å². The summed E-state index contributed by atoms with van der Waals surface area (Å²) in [7, 11) is 0. The average Bonchev–Trinajstić information content (AvgIpc) is 3.42. The molecule has 0 saturated heterocycles. The minimum atomic E-state index is -0.841. The molecule has 446 valence electrons. The second kappa shape index (κ2) is 65.3. The molecule has 0 spiro atoms. The number of rotatable bonds is 63. The van der Waals surface area contributed by atoms with Gasteiger partial charge < -0.3 is 20.3 Å². The van der Waals surface area contributed by atoms with Crippen molar-refractivity contribution in [2.45, 2.75) is 373 Å². The van der Waals surface area contributed by atoms with Crippen molar-refractivity contribution in [3.8, 4) is 0 Å². The number of ether oxygens (including phenoxy) is 1. The maximum atomic E-state index is 12.4. The molecule has 0 aliphatic carbocycles. The van der Waals surface area contributed by atoms with Gasteiger partial charge in [-0.25, -0.2) is 0 Å². The lowest BCUT2D eigenvalue weighted by Gasteiger charge is -2.20. The molecule has 0 aromatic carbocycles. The largest absolute Gasteiger partial charge is 0.466 e. The average molecular weight is 1070 g/mol. The van der Waals surface area contributed by atoms with Crippen molar-refractivity contribution in [3.05, 3.63) is 48.6 Å². The van der Waals surface area contributed by atoms with Crippen molar-refractivity contribution < 1.29 is 24.5 Å². The standard InChI is InChI=1S/C70H131NO5/c1-3-5-7-9-11-13-15-16-41-44-48-52-56-60-64-70(75)76-65-61-57-53-49-45-42-39-37-35-33-31-29-27-25-23-21-19-17-18-20-22-24-26-28-30-32-34-36-38-40-43-47-51-55-59-63-69(74)71-67(66-72)68(73)62-58-54-50-46-14-12-10-8-6-4-2/h15-16,19,21,25,27,58,62,67-68,72-73H,3-14,17-18,20,22-24,26,28-57,59-61,63-66H2,1-2H3,(H,71,74)/b16-15-,21-19-,27-25-,62-58+. The Hall–Kier alpha value is -2.18. The molecule has 0 saturated carbocycles. The van der Waals surface area contributed by atoms with Crippen LogP contribution in [0.2, 0.25) is 0 Å². The number of aliphatic hydroxyl groups is 2. The maximum absolute atomic E-state index is 12.4. The van der Waals surface area contributed by atoms with E-state index >= 15 is 0 Å². The highest BCUT2D eigenvalue weighted by Gasteiger charge is 2.18. The molecule has 6 heteroatoms. The van der Waals surface area contributed by atoms with E-state index in [9.17, 15) is 19.8 Å². The first kappa shape index (κ1) is 73.8. The molecule has 76 heavy (non-hydrogen) atoms. The summed E-state index contributed by atoms with van der Waals surface area (Å²) in [6.45, 7) is 4.88. The lowest BCUT2D eigenvalue weighted by Crippen LogP contribution is -2.45. The van der Waals surface area contributed by atoms with Gasteiger partial charge in [0.15, 0.2) is 0 Å². The first-order chi connectivity index (χ1) is 37.5. The van der Waals surface area contributed by atoms with E-state index < -0.39 is 12.1 Å². The number of allylic oxidation sites excluding steroid dienone is 7. The molecule has 0 aliphatic rings. The summed E-state index contributed by atoms with van der Waals surface area (Å²) >= 11 is 0. The molecule has 0 bridgehead atoms. The molecule has 3 N–H and O–H groups in total. The van der Waals surface area contributed by atoms with Crippen LogP contribution in [0.25, 0.3) is 0 Å². The topological polar surface area (TPSA) is 95.9 Å². The van der Waals surface area contributed by atoms with E-state index in [0.29, 0.717) is 19.4 Å². The second-order valence-corrected chi connectivity index (χ2v) is 23.1. The van der Waals surface area contributed by atoms with Gasteiger partial charge in [0.1, 0.15) is 0 Å². The number of amides is 1. The van der Waals surface area contributed by atoms with Crippen LogP contribution in [0.5, 0.6) is 0 Å². The number of esters is 1. The van der Waals surface area contributed by atoms with E-state index in [1.807, 2.05) is 6.08 Å². The van der Waals surface area contributed by atoms with Crippen LogP contribution in [-0.4, -0.2) is 47.4 Å². The van der Waals surface area contributed by atoms with Gasteiger partial charge in [-0.3, -0.25) is 9.59 Å². The Bertz CT molecular complexity index is 1270. The van der Waals surface area contributed by atoms with Crippen molar-refractivity contribution in [1.29, 1.82) is 0 Å². The predicted molar refractivity (Wildman–Crippen MR) is 333 cm³/mol.